The normalized spacial score (nSPS) is 6.50. The van der Waals surface area contributed by atoms with E-state index in [4.69, 9.17) is 0 Å². The SMILES string of the molecule is CCO[SiH3].SS. The fourth-order valence-corrected chi connectivity index (χ4v) is 0. The number of rotatable bonds is 1. The van der Waals surface area contributed by atoms with Crippen molar-refractivity contribution in [1.82, 2.24) is 0 Å². The molecule has 0 aromatic rings. The fraction of sp³-hybridized carbons (Fsp3) is 1.00. The van der Waals surface area contributed by atoms with E-state index in [-0.39, 0.29) is 0 Å². The highest BCUT2D eigenvalue weighted by atomic mass is 33.1. The molecule has 0 saturated heterocycles. The van der Waals surface area contributed by atoms with Gasteiger partial charge in [0.15, 0.2) is 0 Å². The summed E-state index contributed by atoms with van der Waals surface area (Å²) >= 11 is 6.44. The third-order valence-corrected chi connectivity index (χ3v) is 0.866. The minimum atomic E-state index is 0.881. The van der Waals surface area contributed by atoms with Crippen LogP contribution in [0.3, 0.4) is 0 Å². The third-order valence-electron chi connectivity index (χ3n) is 0.289. The van der Waals surface area contributed by atoms with Gasteiger partial charge in [-0.3, -0.25) is 0 Å². The molecule has 4 heteroatoms. The zero-order chi connectivity index (χ0) is 5.41. The average Bonchev–Trinajstić information content (AvgIpc) is 1.72. The van der Waals surface area contributed by atoms with Crippen LogP contribution in [0, 0.1) is 0 Å². The van der Waals surface area contributed by atoms with Gasteiger partial charge in [-0.15, -0.1) is 23.3 Å². The first-order chi connectivity index (χ1) is 2.91. The Morgan fingerprint density at radius 3 is 1.83 bits per heavy atom. The molecule has 0 aliphatic carbocycles. The monoisotopic (exact) mass is 142 g/mol. The van der Waals surface area contributed by atoms with Crippen molar-refractivity contribution < 1.29 is 4.43 Å². The Bertz CT molecular complexity index is 13.5. The van der Waals surface area contributed by atoms with Crippen LogP contribution in [0.2, 0.25) is 0 Å². The van der Waals surface area contributed by atoms with E-state index in [9.17, 15) is 0 Å². The minimum Gasteiger partial charge on any atom is -0.428 e. The standard InChI is InChI=1S/C2H8OSi.H2S2/c1-2-3-4;1-2/h2H2,1,4H3;1-2H. The second kappa shape index (κ2) is 16.9. The van der Waals surface area contributed by atoms with Crippen LogP contribution in [0.15, 0.2) is 0 Å². The summed E-state index contributed by atoms with van der Waals surface area (Å²) in [6.07, 6.45) is 0. The van der Waals surface area contributed by atoms with Crippen LogP contribution >= 0.6 is 23.3 Å². The van der Waals surface area contributed by atoms with Gasteiger partial charge in [0.25, 0.3) is 0 Å². The molecule has 0 spiro atoms. The lowest BCUT2D eigenvalue weighted by Crippen LogP contribution is -1.76. The summed E-state index contributed by atoms with van der Waals surface area (Å²) in [5.74, 6) is 0. The van der Waals surface area contributed by atoms with Crippen molar-refractivity contribution in [2.45, 2.75) is 6.92 Å². The molecular formula is C2H10OS2Si. The van der Waals surface area contributed by atoms with Gasteiger partial charge in [0.1, 0.15) is 10.5 Å². The molecule has 0 aliphatic rings. The van der Waals surface area contributed by atoms with Crippen molar-refractivity contribution in [2.75, 3.05) is 6.61 Å². The van der Waals surface area contributed by atoms with E-state index in [1.54, 1.807) is 0 Å². The Hall–Kier alpha value is 0.877. The van der Waals surface area contributed by atoms with E-state index in [2.05, 4.69) is 27.7 Å². The zero-order valence-corrected chi connectivity index (χ0v) is 7.80. The van der Waals surface area contributed by atoms with E-state index < -0.39 is 0 Å². The van der Waals surface area contributed by atoms with Crippen LogP contribution < -0.4 is 0 Å². The molecule has 0 bridgehead atoms. The topological polar surface area (TPSA) is 9.23 Å². The van der Waals surface area contributed by atoms with Crippen molar-refractivity contribution >= 4 is 33.8 Å². The molecule has 40 valence electrons. The first kappa shape index (κ1) is 9.99. The first-order valence-electron chi connectivity index (χ1n) is 1.60. The highest BCUT2D eigenvalue weighted by Gasteiger charge is 1.51. The van der Waals surface area contributed by atoms with Gasteiger partial charge < -0.3 is 4.43 Å². The van der Waals surface area contributed by atoms with Crippen molar-refractivity contribution in [2.24, 2.45) is 0 Å². The molecule has 0 rings (SSSR count). The van der Waals surface area contributed by atoms with E-state index in [1.165, 1.54) is 0 Å². The maximum Gasteiger partial charge on any atom is 0.145 e. The smallest absolute Gasteiger partial charge is 0.145 e. The molecule has 0 fully saturated rings. The van der Waals surface area contributed by atoms with Gasteiger partial charge in [-0.05, 0) is 6.92 Å². The summed E-state index contributed by atoms with van der Waals surface area (Å²) in [5, 5.41) is 0. The summed E-state index contributed by atoms with van der Waals surface area (Å²) in [4.78, 5) is 0. The second-order valence-electron chi connectivity index (χ2n) is 0.577. The molecule has 0 amide bonds. The first-order valence-corrected chi connectivity index (χ1v) is 4.02. The number of thiol groups is 2. The van der Waals surface area contributed by atoms with E-state index in [1.807, 2.05) is 6.92 Å². The lowest BCUT2D eigenvalue weighted by Gasteiger charge is -1.77. The molecule has 0 saturated carbocycles. The fourth-order valence-electron chi connectivity index (χ4n) is 0. The van der Waals surface area contributed by atoms with Crippen LogP contribution in [-0.4, -0.2) is 17.1 Å². The Kier molecular flexibility index (Phi) is 28.1. The molecule has 0 aromatic heterocycles. The summed E-state index contributed by atoms with van der Waals surface area (Å²) in [6.45, 7) is 2.87. The third kappa shape index (κ3) is 20.8. The van der Waals surface area contributed by atoms with Gasteiger partial charge in [-0.25, -0.2) is 0 Å². The second-order valence-corrected chi connectivity index (χ2v) is 1.15. The zero-order valence-electron chi connectivity index (χ0n) is 4.01. The number of hydrogen-bond donors (Lipinski definition) is 2. The highest BCUT2D eigenvalue weighted by molar-refractivity contribution is 8.59. The summed E-state index contributed by atoms with van der Waals surface area (Å²) in [5.41, 5.74) is 0. The quantitative estimate of drug-likeness (QED) is 0.299. The van der Waals surface area contributed by atoms with Crippen molar-refractivity contribution in [3.8, 4) is 0 Å². The summed E-state index contributed by atoms with van der Waals surface area (Å²) in [7, 11) is 0.890. The molecule has 0 N–H and O–H groups in total. The van der Waals surface area contributed by atoms with E-state index >= 15 is 0 Å². The van der Waals surface area contributed by atoms with Crippen LogP contribution in [0.4, 0.5) is 0 Å². The van der Waals surface area contributed by atoms with Crippen LogP contribution in [0.5, 0.6) is 0 Å². The molecule has 0 unspecified atom stereocenters. The van der Waals surface area contributed by atoms with Gasteiger partial charge >= 0.3 is 0 Å². The molecule has 0 aromatic carbocycles. The Balaban J connectivity index is 0. The molecule has 0 radical (unpaired) electrons. The Morgan fingerprint density at radius 2 is 1.83 bits per heavy atom. The van der Waals surface area contributed by atoms with E-state index in [0.29, 0.717) is 0 Å². The van der Waals surface area contributed by atoms with Gasteiger partial charge in [0.05, 0.1) is 0 Å². The van der Waals surface area contributed by atoms with Gasteiger partial charge in [0.2, 0.25) is 0 Å². The minimum absolute atomic E-state index is 0.881. The maximum atomic E-state index is 4.68. The summed E-state index contributed by atoms with van der Waals surface area (Å²) < 4.78 is 4.68. The predicted octanol–water partition coefficient (Wildman–Crippen LogP) is 0.0643. The Labute approximate surface area is 52.2 Å². The molecule has 0 heterocycles. The van der Waals surface area contributed by atoms with Gasteiger partial charge in [0, 0.05) is 6.61 Å². The van der Waals surface area contributed by atoms with Crippen molar-refractivity contribution in [3.63, 3.8) is 0 Å². The maximum absolute atomic E-state index is 4.68. The van der Waals surface area contributed by atoms with Crippen LogP contribution in [-0.2, 0) is 4.43 Å². The van der Waals surface area contributed by atoms with Crippen LogP contribution in [0.1, 0.15) is 6.92 Å². The highest BCUT2D eigenvalue weighted by Crippen LogP contribution is 1.65. The molecular weight excluding hydrogens is 132 g/mol. The molecule has 6 heavy (non-hydrogen) atoms. The number of hydrogen-bond acceptors (Lipinski definition) is 3. The summed E-state index contributed by atoms with van der Waals surface area (Å²) in [6, 6.07) is 0. The van der Waals surface area contributed by atoms with Gasteiger partial charge in [-0.2, -0.15) is 0 Å². The van der Waals surface area contributed by atoms with Crippen LogP contribution in [0.25, 0.3) is 0 Å². The largest absolute Gasteiger partial charge is 0.428 e. The molecule has 1 nitrogen and oxygen atoms in total. The Morgan fingerprint density at radius 1 is 1.67 bits per heavy atom. The molecule has 0 atom stereocenters. The lowest BCUT2D eigenvalue weighted by molar-refractivity contribution is 0.375. The lowest BCUT2D eigenvalue weighted by atomic mass is 10.9. The predicted molar refractivity (Wildman–Crippen MR) is 39.5 cm³/mol. The molecule has 0 aliphatic heterocycles. The van der Waals surface area contributed by atoms with E-state index in [0.717, 1.165) is 17.1 Å². The van der Waals surface area contributed by atoms with Gasteiger partial charge in [-0.1, -0.05) is 0 Å². The van der Waals surface area contributed by atoms with Crippen molar-refractivity contribution in [3.05, 3.63) is 0 Å². The average molecular weight is 142 g/mol. The van der Waals surface area contributed by atoms with Crippen molar-refractivity contribution in [1.29, 1.82) is 0 Å².